The van der Waals surface area contributed by atoms with Crippen molar-refractivity contribution in [2.75, 3.05) is 11.4 Å². The zero-order valence-corrected chi connectivity index (χ0v) is 15.9. The second-order valence-electron chi connectivity index (χ2n) is 7.56. The zero-order chi connectivity index (χ0) is 18.4. The summed E-state index contributed by atoms with van der Waals surface area (Å²) in [6.45, 7) is 5.48. The summed E-state index contributed by atoms with van der Waals surface area (Å²) < 4.78 is 0. The number of para-hydroxylation sites is 2. The molecule has 2 nitrogen and oxygen atoms in total. The zero-order valence-electron chi connectivity index (χ0n) is 15.9. The molecule has 1 atom stereocenters. The Kier molecular flexibility index (Phi) is 3.78. The number of hydrogen-bond acceptors (Lipinski definition) is 1. The van der Waals surface area contributed by atoms with Crippen LogP contribution in [0.3, 0.4) is 0 Å². The van der Waals surface area contributed by atoms with Crippen LogP contribution in [0.4, 0.5) is 5.69 Å². The molecule has 0 amide bonds. The molecule has 2 heteroatoms. The molecule has 0 saturated heterocycles. The lowest BCUT2D eigenvalue weighted by atomic mass is 9.90. The maximum Gasteiger partial charge on any atom is 0.0947 e. The number of anilines is 1. The summed E-state index contributed by atoms with van der Waals surface area (Å²) in [7, 11) is 0. The lowest BCUT2D eigenvalue weighted by Crippen LogP contribution is -2.37. The van der Waals surface area contributed by atoms with Crippen molar-refractivity contribution in [1.82, 2.24) is 4.98 Å². The van der Waals surface area contributed by atoms with Crippen LogP contribution in [0.1, 0.15) is 34.0 Å². The Morgan fingerprint density at radius 2 is 1.52 bits per heavy atom. The standard InChI is InChI=1S/C25H24N2/c1-17-9-8-10-18(2)24(17)27-16-15-21-20-13-6-7-14-22(20)26-23(21)25(27)19-11-4-3-5-12-19/h3-14,25-26H,15-16H2,1-2H3/t25-/m1/s1. The summed E-state index contributed by atoms with van der Waals surface area (Å²) in [5.41, 5.74) is 9.46. The van der Waals surface area contributed by atoms with E-state index < -0.39 is 0 Å². The number of aromatic amines is 1. The summed E-state index contributed by atoms with van der Waals surface area (Å²) >= 11 is 0. The van der Waals surface area contributed by atoms with Gasteiger partial charge in [-0.2, -0.15) is 0 Å². The molecule has 1 aromatic heterocycles. The minimum atomic E-state index is 0.210. The van der Waals surface area contributed by atoms with Gasteiger partial charge in [-0.05, 0) is 48.6 Å². The first-order valence-corrected chi connectivity index (χ1v) is 9.71. The number of rotatable bonds is 2. The number of hydrogen-bond donors (Lipinski definition) is 1. The summed E-state index contributed by atoms with van der Waals surface area (Å²) in [6, 6.07) is 26.4. The molecular weight excluding hydrogens is 328 g/mol. The molecule has 3 aromatic carbocycles. The molecule has 0 unspecified atom stereocenters. The first-order valence-electron chi connectivity index (χ1n) is 9.71. The maximum atomic E-state index is 3.76. The SMILES string of the molecule is Cc1cccc(C)c1N1CCc2c([nH]c3ccccc23)[C@H]1c1ccccc1. The number of nitrogens with zero attached hydrogens (tertiary/aromatic N) is 1. The van der Waals surface area contributed by atoms with E-state index in [9.17, 15) is 0 Å². The number of nitrogens with one attached hydrogen (secondary N) is 1. The van der Waals surface area contributed by atoms with Gasteiger partial charge < -0.3 is 9.88 Å². The van der Waals surface area contributed by atoms with E-state index in [1.54, 1.807) is 0 Å². The molecule has 0 fully saturated rings. The molecule has 134 valence electrons. The van der Waals surface area contributed by atoms with E-state index in [0.717, 1.165) is 13.0 Å². The quantitative estimate of drug-likeness (QED) is 0.473. The number of benzene rings is 3. The Morgan fingerprint density at radius 1 is 0.815 bits per heavy atom. The number of aryl methyl sites for hydroxylation is 2. The van der Waals surface area contributed by atoms with Crippen molar-refractivity contribution in [3.63, 3.8) is 0 Å². The van der Waals surface area contributed by atoms with Crippen LogP contribution < -0.4 is 4.90 Å². The van der Waals surface area contributed by atoms with E-state index in [-0.39, 0.29) is 6.04 Å². The highest BCUT2D eigenvalue weighted by molar-refractivity contribution is 5.86. The van der Waals surface area contributed by atoms with Gasteiger partial charge in [-0.15, -0.1) is 0 Å². The van der Waals surface area contributed by atoms with Crippen LogP contribution in [-0.2, 0) is 6.42 Å². The fraction of sp³-hybridized carbons (Fsp3) is 0.200. The molecule has 1 aliphatic heterocycles. The molecule has 5 rings (SSSR count). The molecule has 4 aromatic rings. The number of H-pyrrole nitrogens is 1. The fourth-order valence-electron chi connectivity index (χ4n) is 4.72. The Hall–Kier alpha value is -3.00. The third-order valence-corrected chi connectivity index (χ3v) is 5.88. The second-order valence-corrected chi connectivity index (χ2v) is 7.56. The third-order valence-electron chi connectivity index (χ3n) is 5.88. The van der Waals surface area contributed by atoms with Crippen molar-refractivity contribution in [2.45, 2.75) is 26.3 Å². The lowest BCUT2D eigenvalue weighted by Gasteiger charge is -2.39. The smallest absolute Gasteiger partial charge is 0.0947 e. The Bertz CT molecular complexity index is 1090. The van der Waals surface area contributed by atoms with E-state index in [4.69, 9.17) is 0 Å². The molecule has 0 radical (unpaired) electrons. The van der Waals surface area contributed by atoms with Crippen LogP contribution in [0.15, 0.2) is 72.8 Å². The monoisotopic (exact) mass is 352 g/mol. The van der Waals surface area contributed by atoms with Crippen molar-refractivity contribution in [2.24, 2.45) is 0 Å². The predicted molar refractivity (Wildman–Crippen MR) is 114 cm³/mol. The van der Waals surface area contributed by atoms with Crippen molar-refractivity contribution in [3.05, 3.63) is 101 Å². The van der Waals surface area contributed by atoms with Gasteiger partial charge in [0.1, 0.15) is 0 Å². The Balaban J connectivity index is 1.76. The van der Waals surface area contributed by atoms with E-state index in [1.165, 1.54) is 44.5 Å². The summed E-state index contributed by atoms with van der Waals surface area (Å²) in [6.07, 6.45) is 1.07. The van der Waals surface area contributed by atoms with E-state index in [1.807, 2.05) is 0 Å². The number of fused-ring (bicyclic) bond motifs is 3. The normalized spacial score (nSPS) is 16.5. The molecule has 27 heavy (non-hydrogen) atoms. The predicted octanol–water partition coefficient (Wildman–Crippen LogP) is 5.94. The molecule has 0 bridgehead atoms. The van der Waals surface area contributed by atoms with Crippen molar-refractivity contribution in [3.8, 4) is 0 Å². The third kappa shape index (κ3) is 2.56. The van der Waals surface area contributed by atoms with Crippen LogP contribution in [0.5, 0.6) is 0 Å². The van der Waals surface area contributed by atoms with Crippen LogP contribution in [0.25, 0.3) is 10.9 Å². The average molecular weight is 352 g/mol. The Labute approximate surface area is 160 Å². The van der Waals surface area contributed by atoms with Crippen LogP contribution in [-0.4, -0.2) is 11.5 Å². The molecule has 2 heterocycles. The molecule has 0 aliphatic carbocycles. The largest absolute Gasteiger partial charge is 0.358 e. The molecular formula is C25H24N2. The summed E-state index contributed by atoms with van der Waals surface area (Å²) in [4.78, 5) is 6.36. The first-order chi connectivity index (χ1) is 13.2. The van der Waals surface area contributed by atoms with Crippen molar-refractivity contribution in [1.29, 1.82) is 0 Å². The number of aromatic nitrogens is 1. The van der Waals surface area contributed by atoms with E-state index in [0.29, 0.717) is 0 Å². The van der Waals surface area contributed by atoms with Gasteiger partial charge in [0.2, 0.25) is 0 Å². The van der Waals surface area contributed by atoms with Gasteiger partial charge >= 0.3 is 0 Å². The van der Waals surface area contributed by atoms with Crippen LogP contribution in [0, 0.1) is 13.8 Å². The maximum absolute atomic E-state index is 3.76. The fourth-order valence-corrected chi connectivity index (χ4v) is 4.72. The summed E-state index contributed by atoms with van der Waals surface area (Å²) in [5, 5.41) is 1.37. The van der Waals surface area contributed by atoms with Gasteiger partial charge in [0.05, 0.1) is 6.04 Å². The highest BCUT2D eigenvalue weighted by Crippen LogP contribution is 2.42. The molecule has 0 saturated carbocycles. The highest BCUT2D eigenvalue weighted by Gasteiger charge is 2.32. The molecule has 1 aliphatic rings. The van der Waals surface area contributed by atoms with E-state index in [2.05, 4.69) is 96.5 Å². The second kappa shape index (κ2) is 6.31. The minimum Gasteiger partial charge on any atom is -0.358 e. The van der Waals surface area contributed by atoms with E-state index >= 15 is 0 Å². The van der Waals surface area contributed by atoms with Crippen LogP contribution in [0.2, 0.25) is 0 Å². The molecule has 1 N–H and O–H groups in total. The summed E-state index contributed by atoms with van der Waals surface area (Å²) in [5.74, 6) is 0. The van der Waals surface area contributed by atoms with Gasteiger partial charge in [-0.3, -0.25) is 0 Å². The van der Waals surface area contributed by atoms with Gasteiger partial charge in [-0.25, -0.2) is 0 Å². The first kappa shape index (κ1) is 16.2. The highest BCUT2D eigenvalue weighted by atomic mass is 15.2. The minimum absolute atomic E-state index is 0.210. The Morgan fingerprint density at radius 3 is 2.30 bits per heavy atom. The lowest BCUT2D eigenvalue weighted by molar-refractivity contribution is 0.641. The van der Waals surface area contributed by atoms with Gasteiger partial charge in [0.25, 0.3) is 0 Å². The topological polar surface area (TPSA) is 19.0 Å². The van der Waals surface area contributed by atoms with Crippen molar-refractivity contribution >= 4 is 16.6 Å². The van der Waals surface area contributed by atoms with Gasteiger partial charge in [-0.1, -0.05) is 66.7 Å². The molecule has 0 spiro atoms. The van der Waals surface area contributed by atoms with Gasteiger partial charge in [0, 0.05) is 28.8 Å². The average Bonchev–Trinajstić information content (AvgIpc) is 3.07. The van der Waals surface area contributed by atoms with Gasteiger partial charge in [0.15, 0.2) is 0 Å². The van der Waals surface area contributed by atoms with Crippen LogP contribution >= 0.6 is 0 Å². The van der Waals surface area contributed by atoms with Crippen molar-refractivity contribution < 1.29 is 0 Å².